The second kappa shape index (κ2) is 4.46. The van der Waals surface area contributed by atoms with E-state index in [0.717, 1.165) is 13.0 Å². The monoisotopic (exact) mass is 165 g/mol. The van der Waals surface area contributed by atoms with Crippen molar-refractivity contribution in [1.82, 2.24) is 5.32 Å². The van der Waals surface area contributed by atoms with Gasteiger partial charge in [-0.1, -0.05) is 24.6 Å². The SMILES string of the molecule is C=CC[C@@]1(/C=C/C)CCCCN1. The summed E-state index contributed by atoms with van der Waals surface area (Å²) in [5.41, 5.74) is 0.231. The largest absolute Gasteiger partial charge is 0.308 e. The Morgan fingerprint density at radius 2 is 2.33 bits per heavy atom. The molecule has 1 rings (SSSR count). The van der Waals surface area contributed by atoms with Gasteiger partial charge in [0.25, 0.3) is 0 Å². The van der Waals surface area contributed by atoms with Crippen molar-refractivity contribution in [3.8, 4) is 0 Å². The molecule has 0 aromatic heterocycles. The fraction of sp³-hybridized carbons (Fsp3) is 0.636. The van der Waals surface area contributed by atoms with Crippen molar-refractivity contribution in [3.63, 3.8) is 0 Å². The summed E-state index contributed by atoms with van der Waals surface area (Å²) in [7, 11) is 0. The van der Waals surface area contributed by atoms with E-state index in [0.29, 0.717) is 0 Å². The maximum Gasteiger partial charge on any atom is 0.0398 e. The second-order valence-corrected chi connectivity index (χ2v) is 3.53. The van der Waals surface area contributed by atoms with Crippen molar-refractivity contribution in [2.45, 2.75) is 38.1 Å². The number of hydrogen-bond acceptors (Lipinski definition) is 1. The molecule has 1 fully saturated rings. The van der Waals surface area contributed by atoms with E-state index in [1.54, 1.807) is 0 Å². The lowest BCUT2D eigenvalue weighted by Gasteiger charge is -2.35. The lowest BCUT2D eigenvalue weighted by atomic mass is 9.85. The van der Waals surface area contributed by atoms with Crippen LogP contribution >= 0.6 is 0 Å². The van der Waals surface area contributed by atoms with Crippen LogP contribution in [-0.4, -0.2) is 12.1 Å². The van der Waals surface area contributed by atoms with Gasteiger partial charge in [-0.25, -0.2) is 0 Å². The molecule has 0 radical (unpaired) electrons. The third kappa shape index (κ3) is 2.21. The minimum absolute atomic E-state index is 0.231. The molecule has 1 heteroatoms. The molecule has 1 saturated heterocycles. The van der Waals surface area contributed by atoms with E-state index in [2.05, 4.69) is 31.0 Å². The van der Waals surface area contributed by atoms with Crippen molar-refractivity contribution in [2.24, 2.45) is 0 Å². The maximum absolute atomic E-state index is 3.81. The van der Waals surface area contributed by atoms with E-state index in [1.807, 2.05) is 6.08 Å². The zero-order chi connectivity index (χ0) is 8.86. The quantitative estimate of drug-likeness (QED) is 0.634. The molecule has 0 aromatic rings. The van der Waals surface area contributed by atoms with Crippen LogP contribution in [-0.2, 0) is 0 Å². The summed E-state index contributed by atoms with van der Waals surface area (Å²) >= 11 is 0. The first-order valence-corrected chi connectivity index (χ1v) is 4.83. The van der Waals surface area contributed by atoms with E-state index < -0.39 is 0 Å². The minimum Gasteiger partial charge on any atom is -0.308 e. The highest BCUT2D eigenvalue weighted by molar-refractivity contribution is 5.09. The van der Waals surface area contributed by atoms with Gasteiger partial charge in [0.2, 0.25) is 0 Å². The molecule has 0 spiro atoms. The van der Waals surface area contributed by atoms with Gasteiger partial charge in [-0.2, -0.15) is 0 Å². The van der Waals surface area contributed by atoms with Gasteiger partial charge in [-0.05, 0) is 32.7 Å². The van der Waals surface area contributed by atoms with Gasteiger partial charge < -0.3 is 5.32 Å². The highest BCUT2D eigenvalue weighted by Gasteiger charge is 2.26. The lowest BCUT2D eigenvalue weighted by molar-refractivity contribution is 0.317. The maximum atomic E-state index is 3.81. The fourth-order valence-corrected chi connectivity index (χ4v) is 1.95. The van der Waals surface area contributed by atoms with Crippen LogP contribution in [0, 0.1) is 0 Å². The molecule has 12 heavy (non-hydrogen) atoms. The van der Waals surface area contributed by atoms with Crippen molar-refractivity contribution in [2.75, 3.05) is 6.54 Å². The third-order valence-electron chi connectivity index (χ3n) is 2.52. The molecule has 1 atom stereocenters. The number of rotatable bonds is 3. The standard InChI is InChI=1S/C11H19N/c1-3-7-11(8-4-2)9-5-6-10-12-11/h3-4,8,12H,1,5-7,9-10H2,2H3/b8-4+/t11-/m1/s1. The molecule has 68 valence electrons. The molecule has 1 aliphatic rings. The van der Waals surface area contributed by atoms with Crippen molar-refractivity contribution >= 4 is 0 Å². The summed E-state index contributed by atoms with van der Waals surface area (Å²) in [5, 5.41) is 3.58. The van der Waals surface area contributed by atoms with Gasteiger partial charge in [-0.15, -0.1) is 6.58 Å². The van der Waals surface area contributed by atoms with E-state index in [1.165, 1.54) is 19.3 Å². The fourth-order valence-electron chi connectivity index (χ4n) is 1.95. The average Bonchev–Trinajstić information content (AvgIpc) is 2.07. The second-order valence-electron chi connectivity index (χ2n) is 3.53. The molecule has 0 saturated carbocycles. The first-order valence-electron chi connectivity index (χ1n) is 4.83. The summed E-state index contributed by atoms with van der Waals surface area (Å²) in [5.74, 6) is 0. The Labute approximate surface area is 75.6 Å². The smallest absolute Gasteiger partial charge is 0.0398 e. The van der Waals surface area contributed by atoms with E-state index in [4.69, 9.17) is 0 Å². The number of allylic oxidation sites excluding steroid dienone is 1. The highest BCUT2D eigenvalue weighted by Crippen LogP contribution is 2.24. The Morgan fingerprint density at radius 3 is 2.83 bits per heavy atom. The minimum atomic E-state index is 0.231. The normalized spacial score (nSPS) is 30.8. The first-order chi connectivity index (χ1) is 5.83. The van der Waals surface area contributed by atoms with Crippen LogP contribution in [0.1, 0.15) is 32.6 Å². The molecule has 0 bridgehead atoms. The molecule has 1 N–H and O–H groups in total. The van der Waals surface area contributed by atoms with Crippen molar-refractivity contribution in [3.05, 3.63) is 24.8 Å². The van der Waals surface area contributed by atoms with Gasteiger partial charge in [0.05, 0.1) is 0 Å². The molecule has 1 aliphatic heterocycles. The zero-order valence-corrected chi connectivity index (χ0v) is 7.97. The number of piperidine rings is 1. The van der Waals surface area contributed by atoms with Crippen LogP contribution in [0.4, 0.5) is 0 Å². The average molecular weight is 165 g/mol. The van der Waals surface area contributed by atoms with Crippen molar-refractivity contribution in [1.29, 1.82) is 0 Å². The van der Waals surface area contributed by atoms with Gasteiger partial charge in [0.1, 0.15) is 0 Å². The van der Waals surface area contributed by atoms with Gasteiger partial charge in [0.15, 0.2) is 0 Å². The molecule has 0 amide bonds. The third-order valence-corrected chi connectivity index (χ3v) is 2.52. The predicted octanol–water partition coefficient (Wildman–Crippen LogP) is 2.65. The van der Waals surface area contributed by atoms with Crippen LogP contribution in [0.15, 0.2) is 24.8 Å². The van der Waals surface area contributed by atoms with E-state index >= 15 is 0 Å². The summed E-state index contributed by atoms with van der Waals surface area (Å²) in [4.78, 5) is 0. The Hall–Kier alpha value is -0.560. The van der Waals surface area contributed by atoms with Crippen LogP contribution in [0.2, 0.25) is 0 Å². The predicted molar refractivity (Wildman–Crippen MR) is 54.2 cm³/mol. The van der Waals surface area contributed by atoms with Crippen LogP contribution in [0.3, 0.4) is 0 Å². The molecule has 0 aromatic carbocycles. The Kier molecular flexibility index (Phi) is 3.54. The van der Waals surface area contributed by atoms with E-state index in [-0.39, 0.29) is 5.54 Å². The molecule has 0 aliphatic carbocycles. The number of hydrogen-bond donors (Lipinski definition) is 1. The molecule has 0 unspecified atom stereocenters. The first kappa shape index (κ1) is 9.53. The van der Waals surface area contributed by atoms with Gasteiger partial charge >= 0.3 is 0 Å². The van der Waals surface area contributed by atoms with Crippen molar-refractivity contribution < 1.29 is 0 Å². The molecule has 1 nitrogen and oxygen atoms in total. The van der Waals surface area contributed by atoms with Crippen LogP contribution in [0.25, 0.3) is 0 Å². The van der Waals surface area contributed by atoms with Crippen LogP contribution < -0.4 is 5.32 Å². The molecule has 1 heterocycles. The summed E-state index contributed by atoms with van der Waals surface area (Å²) in [6.07, 6.45) is 11.4. The highest BCUT2D eigenvalue weighted by atomic mass is 15.0. The molecular weight excluding hydrogens is 146 g/mol. The Morgan fingerprint density at radius 1 is 1.50 bits per heavy atom. The Bertz CT molecular complexity index is 164. The summed E-state index contributed by atoms with van der Waals surface area (Å²) in [6.45, 7) is 7.04. The summed E-state index contributed by atoms with van der Waals surface area (Å²) in [6, 6.07) is 0. The van der Waals surface area contributed by atoms with Crippen LogP contribution in [0.5, 0.6) is 0 Å². The van der Waals surface area contributed by atoms with E-state index in [9.17, 15) is 0 Å². The molecular formula is C11H19N. The Balaban J connectivity index is 2.62. The zero-order valence-electron chi connectivity index (χ0n) is 7.97. The van der Waals surface area contributed by atoms with Gasteiger partial charge in [0, 0.05) is 5.54 Å². The topological polar surface area (TPSA) is 12.0 Å². The number of nitrogens with one attached hydrogen (secondary N) is 1. The summed E-state index contributed by atoms with van der Waals surface area (Å²) < 4.78 is 0. The lowest BCUT2D eigenvalue weighted by Crippen LogP contribution is -2.46. The van der Waals surface area contributed by atoms with Gasteiger partial charge in [-0.3, -0.25) is 0 Å².